The first-order valence-corrected chi connectivity index (χ1v) is 9.11. The first kappa shape index (κ1) is 15.8. The van der Waals surface area contributed by atoms with Gasteiger partial charge in [0.1, 0.15) is 13.2 Å². The monoisotopic (exact) mass is 379 g/mol. The molecule has 3 heterocycles. The minimum atomic E-state index is -0.378. The number of benzene rings is 2. The van der Waals surface area contributed by atoms with Crippen molar-refractivity contribution in [2.45, 2.75) is 0 Å². The maximum Gasteiger partial charge on any atom is 0.279 e. The highest BCUT2D eigenvalue weighted by Crippen LogP contribution is 2.37. The van der Waals surface area contributed by atoms with Crippen LogP contribution in [0, 0.1) is 0 Å². The molecule has 4 aromatic rings. The standard InChI is InChI=1S/C19H13N3O4S/c23-18(13-9-14(26-22-13)11-4-2-1-3-5-11)21-19-20-12-8-15-16(10-17(12)27-19)25-7-6-24-15/h1-5,8-10H,6-7H2,(H,20,21,23). The Morgan fingerprint density at radius 1 is 1.04 bits per heavy atom. The lowest BCUT2D eigenvalue weighted by molar-refractivity contribution is 0.101. The van der Waals surface area contributed by atoms with Gasteiger partial charge in [0.25, 0.3) is 5.91 Å². The van der Waals surface area contributed by atoms with E-state index in [9.17, 15) is 4.79 Å². The zero-order valence-corrected chi connectivity index (χ0v) is 14.8. The van der Waals surface area contributed by atoms with E-state index in [-0.39, 0.29) is 11.6 Å². The zero-order valence-electron chi connectivity index (χ0n) is 14.0. The van der Waals surface area contributed by atoms with Crippen molar-refractivity contribution < 1.29 is 18.8 Å². The van der Waals surface area contributed by atoms with E-state index in [1.54, 1.807) is 6.07 Å². The predicted octanol–water partition coefficient (Wildman–Crippen LogP) is 3.97. The highest BCUT2D eigenvalue weighted by atomic mass is 32.1. The summed E-state index contributed by atoms with van der Waals surface area (Å²) in [4.78, 5) is 16.9. The lowest BCUT2D eigenvalue weighted by Gasteiger charge is -2.17. The Bertz CT molecular complexity index is 1090. The average Bonchev–Trinajstić information content (AvgIpc) is 3.33. The molecule has 0 spiro atoms. The molecule has 0 aliphatic carbocycles. The van der Waals surface area contributed by atoms with Crippen LogP contribution in [0.2, 0.25) is 0 Å². The molecule has 27 heavy (non-hydrogen) atoms. The van der Waals surface area contributed by atoms with Gasteiger partial charge in [-0.3, -0.25) is 10.1 Å². The van der Waals surface area contributed by atoms with Gasteiger partial charge in [0.05, 0.1) is 10.2 Å². The quantitative estimate of drug-likeness (QED) is 0.579. The summed E-state index contributed by atoms with van der Waals surface area (Å²) in [5.74, 6) is 1.52. The first-order valence-electron chi connectivity index (χ1n) is 8.30. The smallest absolute Gasteiger partial charge is 0.279 e. The molecule has 5 rings (SSSR count). The Morgan fingerprint density at radius 2 is 1.81 bits per heavy atom. The van der Waals surface area contributed by atoms with Crippen LogP contribution >= 0.6 is 11.3 Å². The molecular formula is C19H13N3O4S. The van der Waals surface area contributed by atoms with Crippen LogP contribution < -0.4 is 14.8 Å². The molecule has 0 radical (unpaired) electrons. The number of carbonyl (C=O) groups is 1. The van der Waals surface area contributed by atoms with Crippen LogP contribution in [0.4, 0.5) is 5.13 Å². The second-order valence-electron chi connectivity index (χ2n) is 5.88. The molecule has 0 saturated heterocycles. The normalized spacial score (nSPS) is 12.9. The molecule has 0 saturated carbocycles. The number of nitrogens with one attached hydrogen (secondary N) is 1. The zero-order chi connectivity index (χ0) is 18.2. The van der Waals surface area contributed by atoms with E-state index in [1.165, 1.54) is 11.3 Å². The molecule has 0 atom stereocenters. The molecule has 1 aliphatic rings. The Hall–Kier alpha value is -3.39. The molecule has 2 aromatic carbocycles. The minimum Gasteiger partial charge on any atom is -0.486 e. The van der Waals surface area contributed by atoms with Gasteiger partial charge in [-0.2, -0.15) is 0 Å². The lowest BCUT2D eigenvalue weighted by Crippen LogP contribution is -2.15. The van der Waals surface area contributed by atoms with E-state index < -0.39 is 0 Å². The molecule has 0 bridgehead atoms. The second kappa shape index (κ2) is 6.40. The van der Waals surface area contributed by atoms with Gasteiger partial charge in [-0.25, -0.2) is 4.98 Å². The fourth-order valence-electron chi connectivity index (χ4n) is 2.80. The number of thiazole rings is 1. The van der Waals surface area contributed by atoms with Crippen LogP contribution in [-0.2, 0) is 0 Å². The molecule has 1 amide bonds. The number of nitrogens with zero attached hydrogens (tertiary/aromatic N) is 2. The largest absolute Gasteiger partial charge is 0.486 e. The number of amides is 1. The third-order valence-electron chi connectivity index (χ3n) is 4.07. The van der Waals surface area contributed by atoms with Gasteiger partial charge in [0.2, 0.25) is 0 Å². The maximum absolute atomic E-state index is 12.5. The maximum atomic E-state index is 12.5. The van der Waals surface area contributed by atoms with Crippen LogP contribution in [-0.4, -0.2) is 29.3 Å². The van der Waals surface area contributed by atoms with E-state index >= 15 is 0 Å². The number of rotatable bonds is 3. The van der Waals surface area contributed by atoms with E-state index in [0.717, 1.165) is 15.8 Å². The van der Waals surface area contributed by atoms with Crippen molar-refractivity contribution in [3.8, 4) is 22.8 Å². The number of aromatic nitrogens is 2. The van der Waals surface area contributed by atoms with Crippen LogP contribution in [0.1, 0.15) is 10.5 Å². The number of hydrogen-bond acceptors (Lipinski definition) is 7. The lowest BCUT2D eigenvalue weighted by atomic mass is 10.1. The number of hydrogen-bond donors (Lipinski definition) is 1. The first-order chi connectivity index (χ1) is 13.3. The van der Waals surface area contributed by atoms with Crippen molar-refractivity contribution >= 4 is 32.6 Å². The number of fused-ring (bicyclic) bond motifs is 2. The summed E-state index contributed by atoms with van der Waals surface area (Å²) < 4.78 is 17.3. The van der Waals surface area contributed by atoms with Gasteiger partial charge in [-0.1, -0.05) is 46.8 Å². The number of carbonyl (C=O) groups excluding carboxylic acids is 1. The van der Waals surface area contributed by atoms with Crippen molar-refractivity contribution in [2.24, 2.45) is 0 Å². The van der Waals surface area contributed by atoms with E-state index in [1.807, 2.05) is 42.5 Å². The van der Waals surface area contributed by atoms with Crippen molar-refractivity contribution in [2.75, 3.05) is 18.5 Å². The molecule has 8 heteroatoms. The van der Waals surface area contributed by atoms with Gasteiger partial charge >= 0.3 is 0 Å². The summed E-state index contributed by atoms with van der Waals surface area (Å²) >= 11 is 1.36. The molecule has 0 fully saturated rings. The molecule has 134 valence electrons. The molecule has 2 aromatic heterocycles. The molecular weight excluding hydrogens is 366 g/mol. The molecule has 0 unspecified atom stereocenters. The van der Waals surface area contributed by atoms with E-state index in [4.69, 9.17) is 14.0 Å². The fraction of sp³-hybridized carbons (Fsp3) is 0.105. The minimum absolute atomic E-state index is 0.194. The SMILES string of the molecule is O=C(Nc1nc2cc3c(cc2s1)OCCO3)c1cc(-c2ccccc2)on1. The summed E-state index contributed by atoms with van der Waals surface area (Å²) in [7, 11) is 0. The second-order valence-corrected chi connectivity index (χ2v) is 6.91. The van der Waals surface area contributed by atoms with Crippen molar-refractivity contribution in [1.29, 1.82) is 0 Å². The molecule has 1 aliphatic heterocycles. The van der Waals surface area contributed by atoms with Gasteiger partial charge < -0.3 is 14.0 Å². The van der Waals surface area contributed by atoms with Crippen LogP contribution in [0.25, 0.3) is 21.5 Å². The third kappa shape index (κ3) is 3.00. The fourth-order valence-corrected chi connectivity index (χ4v) is 3.67. The summed E-state index contributed by atoms with van der Waals surface area (Å²) in [6.07, 6.45) is 0. The number of ether oxygens (including phenoxy) is 2. The Balaban J connectivity index is 1.38. The number of anilines is 1. The molecule has 7 nitrogen and oxygen atoms in total. The van der Waals surface area contributed by atoms with Crippen molar-refractivity contribution in [3.63, 3.8) is 0 Å². The van der Waals surface area contributed by atoms with Crippen LogP contribution in [0.5, 0.6) is 11.5 Å². The van der Waals surface area contributed by atoms with Crippen LogP contribution in [0.3, 0.4) is 0 Å². The summed E-state index contributed by atoms with van der Waals surface area (Å²) in [6, 6.07) is 14.8. The third-order valence-corrected chi connectivity index (χ3v) is 5.01. The van der Waals surface area contributed by atoms with E-state index in [2.05, 4.69) is 15.5 Å². The van der Waals surface area contributed by atoms with E-state index in [0.29, 0.717) is 35.6 Å². The van der Waals surface area contributed by atoms with Gasteiger partial charge in [-0.05, 0) is 0 Å². The Kier molecular flexibility index (Phi) is 3.75. The predicted molar refractivity (Wildman–Crippen MR) is 101 cm³/mol. The van der Waals surface area contributed by atoms with Gasteiger partial charge in [0, 0.05) is 23.8 Å². The summed E-state index contributed by atoms with van der Waals surface area (Å²) in [5, 5.41) is 7.10. The highest BCUT2D eigenvalue weighted by Gasteiger charge is 2.18. The summed E-state index contributed by atoms with van der Waals surface area (Å²) in [6.45, 7) is 1.04. The highest BCUT2D eigenvalue weighted by molar-refractivity contribution is 7.22. The average molecular weight is 379 g/mol. The van der Waals surface area contributed by atoms with Crippen molar-refractivity contribution in [1.82, 2.24) is 10.1 Å². The molecule has 1 N–H and O–H groups in total. The summed E-state index contributed by atoms with van der Waals surface area (Å²) in [5.41, 5.74) is 1.79. The Labute approximate surface area is 157 Å². The van der Waals surface area contributed by atoms with Gasteiger partial charge in [0.15, 0.2) is 28.1 Å². The van der Waals surface area contributed by atoms with Gasteiger partial charge in [-0.15, -0.1) is 0 Å². The van der Waals surface area contributed by atoms with Crippen molar-refractivity contribution in [3.05, 3.63) is 54.2 Å². The van der Waals surface area contributed by atoms with Crippen LogP contribution in [0.15, 0.2) is 53.1 Å². The topological polar surface area (TPSA) is 86.5 Å². The Morgan fingerprint density at radius 3 is 2.63 bits per heavy atom.